The van der Waals surface area contributed by atoms with Gasteiger partial charge in [-0.3, -0.25) is 14.5 Å². The number of hydroxylamine groups is 1. The summed E-state index contributed by atoms with van der Waals surface area (Å²) in [5.74, 6) is 0.533. The van der Waals surface area contributed by atoms with Gasteiger partial charge in [0.1, 0.15) is 29.7 Å². The van der Waals surface area contributed by atoms with Crippen molar-refractivity contribution in [2.24, 2.45) is 4.99 Å². The second kappa shape index (κ2) is 9.54. The Hall–Kier alpha value is -2.88. The molecule has 2 aromatic carbocycles. The van der Waals surface area contributed by atoms with Crippen LogP contribution in [-0.2, 0) is 14.4 Å². The van der Waals surface area contributed by atoms with E-state index in [1.54, 1.807) is 18.2 Å². The number of fused-ring (bicyclic) bond motifs is 1. The van der Waals surface area contributed by atoms with E-state index in [1.165, 1.54) is 12.1 Å². The van der Waals surface area contributed by atoms with E-state index in [4.69, 9.17) is 25.9 Å². The van der Waals surface area contributed by atoms with Crippen molar-refractivity contribution in [2.75, 3.05) is 50.4 Å². The molecule has 0 aromatic heterocycles. The highest BCUT2D eigenvalue weighted by molar-refractivity contribution is 6.31. The first kappa shape index (κ1) is 23.3. The number of aliphatic imine (C=N–C) groups is 1. The summed E-state index contributed by atoms with van der Waals surface area (Å²) < 4.78 is 24.2. The van der Waals surface area contributed by atoms with Crippen molar-refractivity contribution in [2.45, 2.75) is 19.4 Å². The van der Waals surface area contributed by atoms with Crippen molar-refractivity contribution in [3.05, 3.63) is 52.8 Å². The van der Waals surface area contributed by atoms with E-state index in [9.17, 15) is 9.18 Å². The minimum absolute atomic E-state index is 0.0250. The highest BCUT2D eigenvalue weighted by Crippen LogP contribution is 2.30. The Morgan fingerprint density at radius 2 is 2.09 bits per heavy atom. The molecule has 0 aliphatic carbocycles. The molecule has 10 heteroatoms. The minimum atomic E-state index is -0.516. The van der Waals surface area contributed by atoms with E-state index in [2.05, 4.69) is 10.3 Å². The third kappa shape index (κ3) is 5.55. The Labute approximate surface area is 196 Å². The van der Waals surface area contributed by atoms with Crippen LogP contribution in [0.3, 0.4) is 0 Å². The van der Waals surface area contributed by atoms with Crippen LogP contribution in [0.4, 0.5) is 15.8 Å². The maximum absolute atomic E-state index is 13.5. The van der Waals surface area contributed by atoms with Crippen molar-refractivity contribution in [3.8, 4) is 5.75 Å². The SMILES string of the molecule is COc1ccc2c(c1)C(Nc1ccc(F)c(Cl)c1)=NCN2OCCN1CC(=O)OC(C)(C)C1. The van der Waals surface area contributed by atoms with Crippen LogP contribution in [0.15, 0.2) is 41.4 Å². The van der Waals surface area contributed by atoms with Crippen LogP contribution < -0.4 is 15.1 Å². The highest BCUT2D eigenvalue weighted by atomic mass is 35.5. The summed E-state index contributed by atoms with van der Waals surface area (Å²) in [5, 5.41) is 4.92. The number of halogens is 2. The fourth-order valence-corrected chi connectivity index (χ4v) is 4.04. The molecule has 0 unspecified atom stereocenters. The number of rotatable bonds is 6. The van der Waals surface area contributed by atoms with E-state index in [-0.39, 0.29) is 24.2 Å². The normalized spacial score (nSPS) is 17.8. The van der Waals surface area contributed by atoms with Gasteiger partial charge in [-0.25, -0.2) is 14.4 Å². The Balaban J connectivity index is 1.47. The van der Waals surface area contributed by atoms with Crippen molar-refractivity contribution in [3.63, 3.8) is 0 Å². The standard InChI is InChI=1S/C23H26ClFN4O4/c1-23(2)13-28(12-21(30)33-23)8-9-32-29-14-26-22(17-11-16(31-3)5-7-20(17)29)27-15-4-6-19(25)18(24)10-15/h4-7,10-11H,8-9,12-14H2,1-3H3,(H,26,27). The fraction of sp³-hybridized carbons (Fsp3) is 0.391. The molecule has 1 N–H and O–H groups in total. The minimum Gasteiger partial charge on any atom is -0.497 e. The molecule has 0 atom stereocenters. The average Bonchev–Trinajstić information content (AvgIpc) is 2.76. The number of ether oxygens (including phenoxy) is 2. The molecule has 0 radical (unpaired) electrons. The van der Waals surface area contributed by atoms with E-state index in [0.29, 0.717) is 37.0 Å². The smallest absolute Gasteiger partial charge is 0.320 e. The van der Waals surface area contributed by atoms with Gasteiger partial charge in [-0.2, -0.15) is 0 Å². The number of amidine groups is 1. The molecule has 0 spiro atoms. The molecule has 33 heavy (non-hydrogen) atoms. The van der Waals surface area contributed by atoms with Gasteiger partial charge in [-0.05, 0) is 50.2 Å². The summed E-state index contributed by atoms with van der Waals surface area (Å²) in [6.45, 7) is 5.87. The first-order valence-corrected chi connectivity index (χ1v) is 10.9. The molecular formula is C23H26ClFN4O4. The monoisotopic (exact) mass is 476 g/mol. The average molecular weight is 477 g/mol. The summed E-state index contributed by atoms with van der Waals surface area (Å²) >= 11 is 5.91. The molecule has 1 fully saturated rings. The lowest BCUT2D eigenvalue weighted by Gasteiger charge is -2.37. The van der Waals surface area contributed by atoms with Crippen LogP contribution in [-0.4, -0.2) is 62.3 Å². The Morgan fingerprint density at radius 3 is 2.82 bits per heavy atom. The number of hydrogen-bond donors (Lipinski definition) is 1. The number of carbonyl (C=O) groups is 1. The molecule has 176 valence electrons. The van der Waals surface area contributed by atoms with Gasteiger partial charge < -0.3 is 14.8 Å². The second-order valence-electron chi connectivity index (χ2n) is 8.44. The predicted molar refractivity (Wildman–Crippen MR) is 124 cm³/mol. The molecule has 2 aliphatic heterocycles. The highest BCUT2D eigenvalue weighted by Gasteiger charge is 2.32. The number of anilines is 2. The number of nitrogens with one attached hydrogen (secondary N) is 1. The van der Waals surface area contributed by atoms with Crippen LogP contribution in [0.25, 0.3) is 0 Å². The fourth-order valence-electron chi connectivity index (χ4n) is 3.86. The van der Waals surface area contributed by atoms with Crippen LogP contribution in [0, 0.1) is 5.82 Å². The number of esters is 1. The third-order valence-corrected chi connectivity index (χ3v) is 5.56. The molecule has 8 nitrogen and oxygen atoms in total. The topological polar surface area (TPSA) is 75.6 Å². The Bertz CT molecular complexity index is 1080. The third-order valence-electron chi connectivity index (χ3n) is 5.27. The van der Waals surface area contributed by atoms with Crippen LogP contribution in [0.5, 0.6) is 5.75 Å². The van der Waals surface area contributed by atoms with Crippen molar-refractivity contribution in [1.29, 1.82) is 0 Å². The van der Waals surface area contributed by atoms with E-state index in [0.717, 1.165) is 11.3 Å². The zero-order valence-corrected chi connectivity index (χ0v) is 19.5. The van der Waals surface area contributed by atoms with Crippen LogP contribution >= 0.6 is 11.6 Å². The number of benzene rings is 2. The Morgan fingerprint density at radius 1 is 1.27 bits per heavy atom. The van der Waals surface area contributed by atoms with E-state index >= 15 is 0 Å². The molecule has 4 rings (SSSR count). The predicted octanol–water partition coefficient (Wildman–Crippen LogP) is 3.69. The summed E-state index contributed by atoms with van der Waals surface area (Å²) in [6.07, 6.45) is 0. The number of methoxy groups -OCH3 is 1. The lowest BCUT2D eigenvalue weighted by atomic mass is 10.1. The molecule has 0 bridgehead atoms. The summed E-state index contributed by atoms with van der Waals surface area (Å²) in [7, 11) is 1.59. The van der Waals surface area contributed by atoms with Gasteiger partial charge >= 0.3 is 5.97 Å². The van der Waals surface area contributed by atoms with Crippen LogP contribution in [0.1, 0.15) is 19.4 Å². The quantitative estimate of drug-likeness (QED) is 0.637. The zero-order chi connectivity index (χ0) is 23.6. The lowest BCUT2D eigenvalue weighted by molar-refractivity contribution is -0.169. The van der Waals surface area contributed by atoms with E-state index in [1.807, 2.05) is 36.9 Å². The molecule has 2 heterocycles. The van der Waals surface area contributed by atoms with Gasteiger partial charge in [0.2, 0.25) is 0 Å². The van der Waals surface area contributed by atoms with Gasteiger partial charge in [-0.15, -0.1) is 0 Å². The van der Waals surface area contributed by atoms with Crippen molar-refractivity contribution in [1.82, 2.24) is 4.90 Å². The number of cyclic esters (lactones) is 1. The molecule has 2 aromatic rings. The first-order valence-electron chi connectivity index (χ1n) is 10.5. The summed E-state index contributed by atoms with van der Waals surface area (Å²) in [6, 6.07) is 9.99. The number of carbonyl (C=O) groups excluding carboxylic acids is 1. The molecule has 1 saturated heterocycles. The van der Waals surface area contributed by atoms with Crippen molar-refractivity contribution >= 4 is 34.8 Å². The van der Waals surface area contributed by atoms with E-state index < -0.39 is 11.4 Å². The number of hydrogen-bond acceptors (Lipinski definition) is 8. The number of morpholine rings is 1. The van der Waals surface area contributed by atoms with Gasteiger partial charge in [0.25, 0.3) is 0 Å². The second-order valence-corrected chi connectivity index (χ2v) is 8.85. The zero-order valence-electron chi connectivity index (χ0n) is 18.7. The van der Waals surface area contributed by atoms with Crippen molar-refractivity contribution < 1.29 is 23.5 Å². The van der Waals surface area contributed by atoms with Gasteiger partial charge in [0.05, 0.1) is 31.0 Å². The first-order chi connectivity index (χ1) is 15.7. The summed E-state index contributed by atoms with van der Waals surface area (Å²) in [5.41, 5.74) is 1.67. The lowest BCUT2D eigenvalue weighted by Crippen LogP contribution is -2.51. The molecule has 0 amide bonds. The largest absolute Gasteiger partial charge is 0.497 e. The maximum atomic E-state index is 13.5. The summed E-state index contributed by atoms with van der Waals surface area (Å²) in [4.78, 5) is 24.5. The Kier molecular flexibility index (Phi) is 6.73. The van der Waals surface area contributed by atoms with Gasteiger partial charge in [-0.1, -0.05) is 11.6 Å². The van der Waals surface area contributed by atoms with Gasteiger partial charge in [0, 0.05) is 24.3 Å². The van der Waals surface area contributed by atoms with Gasteiger partial charge in [0.15, 0.2) is 0 Å². The molecule has 2 aliphatic rings. The number of nitrogens with zero attached hydrogens (tertiary/aromatic N) is 3. The van der Waals surface area contributed by atoms with Crippen LogP contribution in [0.2, 0.25) is 5.02 Å². The molecular weight excluding hydrogens is 451 g/mol. The molecule has 0 saturated carbocycles. The maximum Gasteiger partial charge on any atom is 0.320 e.